The van der Waals surface area contributed by atoms with E-state index in [0.717, 1.165) is 6.42 Å². The Labute approximate surface area is 66.6 Å². The van der Waals surface area contributed by atoms with Gasteiger partial charge in [-0.1, -0.05) is 6.92 Å². The van der Waals surface area contributed by atoms with Crippen LogP contribution in [0.3, 0.4) is 0 Å². The van der Waals surface area contributed by atoms with E-state index in [-0.39, 0.29) is 6.03 Å². The van der Waals surface area contributed by atoms with Crippen molar-refractivity contribution in [3.63, 3.8) is 0 Å². The fourth-order valence-electron chi connectivity index (χ4n) is 0.518. The Morgan fingerprint density at radius 2 is 2.36 bits per heavy atom. The largest absolute Gasteiger partial charge is 0.338 e. The second-order valence-electron chi connectivity index (χ2n) is 2.25. The van der Waals surface area contributed by atoms with E-state index in [4.69, 9.17) is 5.26 Å². The molecule has 0 bridgehead atoms. The molecule has 0 radical (unpaired) electrons. The first-order chi connectivity index (χ1) is 5.20. The maximum atomic E-state index is 10.8. The Hall–Kier alpha value is -1.24. The van der Waals surface area contributed by atoms with Crippen LogP contribution < -0.4 is 10.6 Å². The van der Waals surface area contributed by atoms with Crippen molar-refractivity contribution in [2.75, 3.05) is 6.54 Å². The summed E-state index contributed by atoms with van der Waals surface area (Å²) in [7, 11) is 0. The second-order valence-corrected chi connectivity index (χ2v) is 2.25. The van der Waals surface area contributed by atoms with Crippen molar-refractivity contribution in [3.8, 4) is 6.07 Å². The number of nitrogens with zero attached hydrogens (tertiary/aromatic N) is 1. The van der Waals surface area contributed by atoms with Crippen molar-refractivity contribution in [2.45, 2.75) is 26.3 Å². The molecule has 11 heavy (non-hydrogen) atoms. The Bertz CT molecular complexity index is 162. The molecule has 62 valence electrons. The molecule has 0 aromatic heterocycles. The molecule has 0 heterocycles. The number of nitriles is 1. The molecule has 2 N–H and O–H groups in total. The fourth-order valence-corrected chi connectivity index (χ4v) is 0.518. The summed E-state index contributed by atoms with van der Waals surface area (Å²) < 4.78 is 0. The first-order valence-electron chi connectivity index (χ1n) is 3.64. The lowest BCUT2D eigenvalue weighted by Crippen LogP contribution is -2.40. The van der Waals surface area contributed by atoms with Gasteiger partial charge in [-0.3, -0.25) is 0 Å². The van der Waals surface area contributed by atoms with E-state index in [2.05, 4.69) is 10.6 Å². The van der Waals surface area contributed by atoms with Crippen LogP contribution in [0.15, 0.2) is 0 Å². The first kappa shape index (κ1) is 9.76. The number of amides is 2. The van der Waals surface area contributed by atoms with Gasteiger partial charge in [-0.15, -0.1) is 0 Å². The van der Waals surface area contributed by atoms with E-state index in [9.17, 15) is 4.79 Å². The van der Waals surface area contributed by atoms with Crippen molar-refractivity contribution in [1.29, 1.82) is 5.26 Å². The van der Waals surface area contributed by atoms with Crippen LogP contribution in [0.25, 0.3) is 0 Å². The maximum absolute atomic E-state index is 10.8. The summed E-state index contributed by atoms with van der Waals surface area (Å²) in [5.41, 5.74) is 0. The molecule has 4 nitrogen and oxygen atoms in total. The summed E-state index contributed by atoms with van der Waals surface area (Å²) in [6.45, 7) is 4.24. The van der Waals surface area contributed by atoms with E-state index in [1.165, 1.54) is 0 Å². The van der Waals surface area contributed by atoms with Crippen LogP contribution >= 0.6 is 0 Å². The van der Waals surface area contributed by atoms with Crippen LogP contribution in [0.1, 0.15) is 20.3 Å². The lowest BCUT2D eigenvalue weighted by molar-refractivity contribution is 0.239. The SMILES string of the molecule is CCCNC(=O)NC(C)C#N. The molecule has 4 heteroatoms. The molecule has 1 unspecified atom stereocenters. The number of urea groups is 1. The minimum absolute atomic E-state index is 0.277. The molecule has 0 aliphatic heterocycles. The Kier molecular flexibility index (Phi) is 4.91. The number of rotatable bonds is 3. The normalized spacial score (nSPS) is 11.4. The van der Waals surface area contributed by atoms with Crippen molar-refractivity contribution in [1.82, 2.24) is 10.6 Å². The fraction of sp³-hybridized carbons (Fsp3) is 0.714. The topological polar surface area (TPSA) is 64.9 Å². The number of hydrogen-bond acceptors (Lipinski definition) is 2. The van der Waals surface area contributed by atoms with Crippen LogP contribution in [-0.4, -0.2) is 18.6 Å². The van der Waals surface area contributed by atoms with Gasteiger partial charge in [0, 0.05) is 6.54 Å². The molecular weight excluding hydrogens is 142 g/mol. The van der Waals surface area contributed by atoms with Gasteiger partial charge >= 0.3 is 6.03 Å². The molecule has 0 spiro atoms. The van der Waals surface area contributed by atoms with E-state index in [1.54, 1.807) is 6.92 Å². The molecule has 0 aromatic carbocycles. The average molecular weight is 155 g/mol. The molecule has 2 amide bonds. The third kappa shape index (κ3) is 5.22. The molecule has 0 saturated carbocycles. The van der Waals surface area contributed by atoms with Gasteiger partial charge in [0.25, 0.3) is 0 Å². The quantitative estimate of drug-likeness (QED) is 0.627. The second kappa shape index (κ2) is 5.54. The maximum Gasteiger partial charge on any atom is 0.315 e. The van der Waals surface area contributed by atoms with Gasteiger partial charge < -0.3 is 10.6 Å². The third-order valence-electron chi connectivity index (χ3n) is 1.08. The van der Waals surface area contributed by atoms with E-state index in [0.29, 0.717) is 6.54 Å². The van der Waals surface area contributed by atoms with Gasteiger partial charge in [0.15, 0.2) is 0 Å². The summed E-state index contributed by atoms with van der Waals surface area (Å²) in [6.07, 6.45) is 0.897. The minimum atomic E-state index is -0.424. The van der Waals surface area contributed by atoms with Crippen LogP contribution in [0.5, 0.6) is 0 Å². The van der Waals surface area contributed by atoms with Crippen LogP contribution in [0, 0.1) is 11.3 Å². The van der Waals surface area contributed by atoms with Gasteiger partial charge in [0.2, 0.25) is 0 Å². The summed E-state index contributed by atoms with van der Waals surface area (Å²) in [4.78, 5) is 10.8. The molecule has 0 aliphatic carbocycles. The van der Waals surface area contributed by atoms with E-state index >= 15 is 0 Å². The zero-order valence-corrected chi connectivity index (χ0v) is 6.85. The van der Waals surface area contributed by atoms with Gasteiger partial charge in [0.1, 0.15) is 6.04 Å². The lowest BCUT2D eigenvalue weighted by atomic mass is 10.4. The van der Waals surface area contributed by atoms with Gasteiger partial charge in [-0.25, -0.2) is 4.79 Å². The van der Waals surface area contributed by atoms with Crippen LogP contribution in [-0.2, 0) is 0 Å². The summed E-state index contributed by atoms with van der Waals surface area (Å²) >= 11 is 0. The van der Waals surface area contributed by atoms with Crippen LogP contribution in [0.4, 0.5) is 4.79 Å². The molecular formula is C7H13N3O. The zero-order valence-electron chi connectivity index (χ0n) is 6.85. The molecule has 0 aliphatic rings. The molecule has 1 atom stereocenters. The number of hydrogen-bond donors (Lipinski definition) is 2. The van der Waals surface area contributed by atoms with Crippen molar-refractivity contribution >= 4 is 6.03 Å². The summed E-state index contributed by atoms with van der Waals surface area (Å²) in [5.74, 6) is 0. The number of carbonyl (C=O) groups is 1. The Morgan fingerprint density at radius 3 is 2.82 bits per heavy atom. The molecule has 0 fully saturated rings. The highest BCUT2D eigenvalue weighted by Crippen LogP contribution is 1.77. The number of nitrogens with one attached hydrogen (secondary N) is 2. The van der Waals surface area contributed by atoms with Gasteiger partial charge in [-0.05, 0) is 13.3 Å². The number of carbonyl (C=O) groups excluding carboxylic acids is 1. The standard InChI is InChI=1S/C7H13N3O/c1-3-4-9-7(11)10-6(2)5-8/h6H,3-4H2,1-2H3,(H2,9,10,11). The van der Waals surface area contributed by atoms with Crippen LogP contribution in [0.2, 0.25) is 0 Å². The highest BCUT2D eigenvalue weighted by Gasteiger charge is 2.02. The summed E-state index contributed by atoms with van der Waals surface area (Å²) in [6, 6.07) is 1.20. The highest BCUT2D eigenvalue weighted by molar-refractivity contribution is 5.74. The van der Waals surface area contributed by atoms with Gasteiger partial charge in [-0.2, -0.15) is 5.26 Å². The smallest absolute Gasteiger partial charge is 0.315 e. The van der Waals surface area contributed by atoms with Crippen molar-refractivity contribution < 1.29 is 4.79 Å². The highest BCUT2D eigenvalue weighted by atomic mass is 16.2. The average Bonchev–Trinajstić information content (AvgIpc) is 2.00. The predicted octanol–water partition coefficient (Wildman–Crippen LogP) is 0.608. The van der Waals surface area contributed by atoms with E-state index in [1.807, 2.05) is 13.0 Å². The van der Waals surface area contributed by atoms with E-state index < -0.39 is 6.04 Å². The third-order valence-corrected chi connectivity index (χ3v) is 1.08. The van der Waals surface area contributed by atoms with Gasteiger partial charge in [0.05, 0.1) is 6.07 Å². The molecule has 0 aromatic rings. The Morgan fingerprint density at radius 1 is 1.73 bits per heavy atom. The lowest BCUT2D eigenvalue weighted by Gasteiger charge is -2.06. The Balaban J connectivity index is 3.46. The summed E-state index contributed by atoms with van der Waals surface area (Å²) in [5, 5.41) is 13.4. The first-order valence-corrected chi connectivity index (χ1v) is 3.64. The molecule has 0 rings (SSSR count). The monoisotopic (exact) mass is 155 g/mol. The van der Waals surface area contributed by atoms with Crippen molar-refractivity contribution in [2.24, 2.45) is 0 Å². The van der Waals surface area contributed by atoms with Crippen molar-refractivity contribution in [3.05, 3.63) is 0 Å². The predicted molar refractivity (Wildman–Crippen MR) is 41.9 cm³/mol. The minimum Gasteiger partial charge on any atom is -0.338 e. The zero-order chi connectivity index (χ0) is 8.69. The molecule has 0 saturated heterocycles.